The Morgan fingerprint density at radius 2 is 2.24 bits per heavy atom. The first kappa shape index (κ1) is 17.6. The van der Waals surface area contributed by atoms with Crippen molar-refractivity contribution >= 4 is 16.1 Å². The van der Waals surface area contributed by atoms with E-state index in [0.29, 0.717) is 12.2 Å². The molecule has 1 aliphatic rings. The lowest BCUT2D eigenvalue weighted by molar-refractivity contribution is -0.125. The topological polar surface area (TPSA) is 109 Å². The monoisotopic (exact) mass is 367 g/mol. The Morgan fingerprint density at radius 3 is 2.84 bits per heavy atom. The molecule has 1 amide bonds. The third-order valence-corrected chi connectivity index (χ3v) is 5.91. The number of hydrogen-bond donors (Lipinski definition) is 2. The number of carbonyl (C=O) groups is 1. The summed E-state index contributed by atoms with van der Waals surface area (Å²) in [6, 6.07) is 2.15. The number of nitrogens with one attached hydrogen (secondary N) is 2. The van der Waals surface area contributed by atoms with E-state index < -0.39 is 22.3 Å². The Morgan fingerprint density at radius 1 is 1.48 bits per heavy atom. The fourth-order valence-corrected chi connectivity index (χ4v) is 4.24. The van der Waals surface area contributed by atoms with Crippen LogP contribution in [-0.4, -0.2) is 41.5 Å². The zero-order valence-electron chi connectivity index (χ0n) is 14.3. The molecule has 1 saturated heterocycles. The molecular weight excluding hydrogens is 346 g/mol. The second-order valence-corrected chi connectivity index (χ2v) is 7.85. The molecule has 0 bridgehead atoms. The normalized spacial score (nSPS) is 23.5. The summed E-state index contributed by atoms with van der Waals surface area (Å²) in [5.74, 6) is 0.239. The molecule has 0 aliphatic carbocycles. The maximum absolute atomic E-state index is 12.6. The van der Waals surface area contributed by atoms with Crippen LogP contribution >= 0.6 is 0 Å². The van der Waals surface area contributed by atoms with E-state index in [1.54, 1.807) is 30.1 Å². The molecule has 9 nitrogen and oxygen atoms in total. The van der Waals surface area contributed by atoms with Crippen LogP contribution in [0.5, 0.6) is 0 Å². The van der Waals surface area contributed by atoms with Crippen molar-refractivity contribution in [1.82, 2.24) is 24.1 Å². The number of likely N-dealkylation sites (N-methyl/N-ethyl adjacent to an activating group) is 1. The van der Waals surface area contributed by atoms with E-state index in [0.717, 1.165) is 15.6 Å². The van der Waals surface area contributed by atoms with Gasteiger partial charge in [-0.2, -0.15) is 22.5 Å². The summed E-state index contributed by atoms with van der Waals surface area (Å²) >= 11 is 0. The van der Waals surface area contributed by atoms with Crippen LogP contribution in [0.15, 0.2) is 29.0 Å². The Bertz CT molecular complexity index is 859. The first-order valence-electron chi connectivity index (χ1n) is 7.83. The molecular formula is C15H21N5O4S. The number of rotatable bonds is 4. The van der Waals surface area contributed by atoms with Crippen LogP contribution < -0.4 is 10.0 Å². The van der Waals surface area contributed by atoms with Crippen molar-refractivity contribution in [3.05, 3.63) is 41.6 Å². The van der Waals surface area contributed by atoms with Crippen molar-refractivity contribution in [2.45, 2.75) is 32.0 Å². The second-order valence-electron chi connectivity index (χ2n) is 6.08. The molecule has 0 saturated carbocycles. The van der Waals surface area contributed by atoms with Crippen molar-refractivity contribution in [3.8, 4) is 0 Å². The molecule has 1 aliphatic heterocycles. The number of aromatic nitrogens is 2. The molecule has 2 N–H and O–H groups in total. The number of nitrogens with zero attached hydrogens (tertiary/aromatic N) is 3. The van der Waals surface area contributed by atoms with Crippen LogP contribution in [0.3, 0.4) is 0 Å². The van der Waals surface area contributed by atoms with Crippen LogP contribution in [0.1, 0.15) is 29.5 Å². The van der Waals surface area contributed by atoms with Gasteiger partial charge < -0.3 is 9.73 Å². The Labute approximate surface area is 146 Å². The molecule has 136 valence electrons. The average Bonchev–Trinajstić information content (AvgIpc) is 3.16. The number of carbonyl (C=O) groups excluding carboxylic acids is 1. The molecule has 3 heterocycles. The highest BCUT2D eigenvalue weighted by molar-refractivity contribution is 7.87. The van der Waals surface area contributed by atoms with Gasteiger partial charge in [0, 0.05) is 25.9 Å². The molecule has 2 aromatic heterocycles. The maximum Gasteiger partial charge on any atom is 0.280 e. The third-order valence-electron chi connectivity index (χ3n) is 4.31. The zero-order chi connectivity index (χ0) is 18.2. The van der Waals surface area contributed by atoms with Gasteiger partial charge in [0.05, 0.1) is 24.5 Å². The first-order chi connectivity index (χ1) is 11.8. The SMILES string of the molecule is Cc1nn(C)cc1C1CC(C(=O)NCc2ccco2)N(C)S(=O)(=O)N1. The van der Waals surface area contributed by atoms with E-state index >= 15 is 0 Å². The summed E-state index contributed by atoms with van der Waals surface area (Å²) in [5, 5.41) is 6.98. The maximum atomic E-state index is 12.6. The minimum atomic E-state index is -3.77. The first-order valence-corrected chi connectivity index (χ1v) is 9.27. The van der Waals surface area contributed by atoms with Gasteiger partial charge in [-0.15, -0.1) is 0 Å². The van der Waals surface area contributed by atoms with Crippen molar-refractivity contribution in [3.63, 3.8) is 0 Å². The van der Waals surface area contributed by atoms with Crippen LogP contribution in [0.2, 0.25) is 0 Å². The molecule has 3 rings (SSSR count). The smallest absolute Gasteiger partial charge is 0.280 e. The molecule has 0 radical (unpaired) electrons. The Hall–Kier alpha value is -2.17. The summed E-state index contributed by atoms with van der Waals surface area (Å²) < 4.78 is 35.3. The van der Waals surface area contributed by atoms with Gasteiger partial charge in [-0.25, -0.2) is 0 Å². The third kappa shape index (κ3) is 3.60. The largest absolute Gasteiger partial charge is 0.467 e. The Balaban J connectivity index is 1.79. The van der Waals surface area contributed by atoms with E-state index in [2.05, 4.69) is 15.1 Å². The molecule has 2 aromatic rings. The lowest BCUT2D eigenvalue weighted by Crippen LogP contribution is -2.57. The van der Waals surface area contributed by atoms with Gasteiger partial charge >= 0.3 is 0 Å². The lowest BCUT2D eigenvalue weighted by atomic mass is 10.00. The van der Waals surface area contributed by atoms with Crippen molar-refractivity contribution < 1.29 is 17.6 Å². The fourth-order valence-electron chi connectivity index (χ4n) is 2.98. The second kappa shape index (κ2) is 6.62. The number of hydrogen-bond acceptors (Lipinski definition) is 5. The minimum Gasteiger partial charge on any atom is -0.467 e. The van der Waals surface area contributed by atoms with E-state index in [1.807, 2.05) is 6.92 Å². The van der Waals surface area contributed by atoms with Gasteiger partial charge in [0.2, 0.25) is 5.91 Å². The molecule has 0 spiro atoms. The molecule has 0 aromatic carbocycles. The molecule has 25 heavy (non-hydrogen) atoms. The van der Waals surface area contributed by atoms with Gasteiger partial charge in [-0.3, -0.25) is 9.48 Å². The van der Waals surface area contributed by atoms with Crippen LogP contribution in [0.25, 0.3) is 0 Å². The van der Waals surface area contributed by atoms with Gasteiger partial charge in [0.1, 0.15) is 11.8 Å². The average molecular weight is 367 g/mol. The predicted octanol–water partition coefficient (Wildman–Crippen LogP) is 0.218. The van der Waals surface area contributed by atoms with E-state index in [9.17, 15) is 13.2 Å². The van der Waals surface area contributed by atoms with E-state index in [4.69, 9.17) is 4.42 Å². The van der Waals surface area contributed by atoms with Crippen molar-refractivity contribution in [1.29, 1.82) is 0 Å². The van der Waals surface area contributed by atoms with E-state index in [1.165, 1.54) is 13.3 Å². The summed E-state index contributed by atoms with van der Waals surface area (Å²) in [5.41, 5.74) is 1.50. The highest BCUT2D eigenvalue weighted by Crippen LogP contribution is 2.29. The minimum absolute atomic E-state index is 0.209. The van der Waals surface area contributed by atoms with Gasteiger partial charge in [0.15, 0.2) is 0 Å². The molecule has 2 atom stereocenters. The highest BCUT2D eigenvalue weighted by atomic mass is 32.2. The van der Waals surface area contributed by atoms with Crippen LogP contribution in [0.4, 0.5) is 0 Å². The fraction of sp³-hybridized carbons (Fsp3) is 0.467. The van der Waals surface area contributed by atoms with Crippen molar-refractivity contribution in [2.75, 3.05) is 7.05 Å². The number of amides is 1. The molecule has 10 heteroatoms. The highest BCUT2D eigenvalue weighted by Gasteiger charge is 2.41. The van der Waals surface area contributed by atoms with Gasteiger partial charge in [-0.05, 0) is 25.5 Å². The lowest BCUT2D eigenvalue weighted by Gasteiger charge is -2.35. The Kier molecular flexibility index (Phi) is 4.67. The van der Waals surface area contributed by atoms with Crippen molar-refractivity contribution in [2.24, 2.45) is 7.05 Å². The van der Waals surface area contributed by atoms with Crippen LogP contribution in [-0.2, 0) is 28.6 Å². The van der Waals surface area contributed by atoms with Gasteiger partial charge in [0.25, 0.3) is 10.2 Å². The summed E-state index contributed by atoms with van der Waals surface area (Å²) in [6.07, 6.45) is 3.60. The molecule has 2 unspecified atom stereocenters. The summed E-state index contributed by atoms with van der Waals surface area (Å²) in [6.45, 7) is 2.02. The summed E-state index contributed by atoms with van der Waals surface area (Å²) in [7, 11) is -0.605. The summed E-state index contributed by atoms with van der Waals surface area (Å²) in [4.78, 5) is 12.6. The predicted molar refractivity (Wildman–Crippen MR) is 89.5 cm³/mol. The standard InChI is InChI=1S/C15H21N5O4S/c1-10-12(9-19(2)17-10)13-7-14(20(3)25(22,23)18-13)15(21)16-8-11-5-4-6-24-11/h4-6,9,13-14,18H,7-8H2,1-3H3,(H,16,21). The number of furan rings is 1. The zero-order valence-corrected chi connectivity index (χ0v) is 15.1. The number of aryl methyl sites for hydroxylation is 2. The molecule has 1 fully saturated rings. The van der Waals surface area contributed by atoms with Crippen LogP contribution in [0, 0.1) is 6.92 Å². The quantitative estimate of drug-likeness (QED) is 0.803. The van der Waals surface area contributed by atoms with E-state index in [-0.39, 0.29) is 12.5 Å². The van der Waals surface area contributed by atoms with Gasteiger partial charge in [-0.1, -0.05) is 0 Å².